The Labute approximate surface area is 99.4 Å². The second kappa shape index (κ2) is 9.07. The van der Waals surface area contributed by atoms with Gasteiger partial charge in [0.05, 0.1) is 13.1 Å². The van der Waals surface area contributed by atoms with Crippen LogP contribution in [0, 0.1) is 12.3 Å². The molecule has 1 amide bonds. The highest BCUT2D eigenvalue weighted by molar-refractivity contribution is 7.98. The van der Waals surface area contributed by atoms with E-state index in [-0.39, 0.29) is 19.0 Å². The average molecular weight is 244 g/mol. The molecule has 0 spiro atoms. The molecule has 0 aromatic heterocycles. The van der Waals surface area contributed by atoms with Gasteiger partial charge in [0.2, 0.25) is 5.91 Å². The van der Waals surface area contributed by atoms with Gasteiger partial charge < -0.3 is 10.4 Å². The number of carboxylic acids is 1. The molecule has 1 atom stereocenters. The summed E-state index contributed by atoms with van der Waals surface area (Å²) in [6.07, 6.45) is 7.29. The Morgan fingerprint density at radius 3 is 2.75 bits per heavy atom. The van der Waals surface area contributed by atoms with Gasteiger partial charge in [-0.2, -0.15) is 11.8 Å². The van der Waals surface area contributed by atoms with Crippen molar-refractivity contribution in [2.24, 2.45) is 0 Å². The van der Waals surface area contributed by atoms with E-state index in [1.54, 1.807) is 0 Å². The van der Waals surface area contributed by atoms with Crippen LogP contribution in [0.3, 0.4) is 0 Å². The van der Waals surface area contributed by atoms with Crippen molar-refractivity contribution < 1.29 is 14.7 Å². The third kappa shape index (κ3) is 7.15. The van der Waals surface area contributed by atoms with Crippen LogP contribution in [0.4, 0.5) is 0 Å². The number of terminal acetylenes is 1. The van der Waals surface area contributed by atoms with Gasteiger partial charge >= 0.3 is 5.97 Å². The Morgan fingerprint density at radius 2 is 2.25 bits per heavy atom. The fourth-order valence-corrected chi connectivity index (χ4v) is 1.46. The van der Waals surface area contributed by atoms with Crippen molar-refractivity contribution in [1.82, 2.24) is 10.6 Å². The smallest absolute Gasteiger partial charge is 0.326 e. The minimum Gasteiger partial charge on any atom is -0.480 e. The van der Waals surface area contributed by atoms with Gasteiger partial charge in [-0.1, -0.05) is 5.92 Å². The summed E-state index contributed by atoms with van der Waals surface area (Å²) in [5, 5.41) is 14.0. The molecule has 0 rings (SSSR count). The third-order valence-corrected chi connectivity index (χ3v) is 2.40. The minimum absolute atomic E-state index is 0.0350. The fraction of sp³-hybridized carbons (Fsp3) is 0.600. The average Bonchev–Trinajstić information content (AvgIpc) is 2.24. The summed E-state index contributed by atoms with van der Waals surface area (Å²) in [7, 11) is 0. The number of carboxylic acid groups (broad SMARTS) is 1. The lowest BCUT2D eigenvalue weighted by molar-refractivity contribution is -0.141. The number of thioether (sulfide) groups is 1. The molecule has 0 aromatic carbocycles. The van der Waals surface area contributed by atoms with E-state index >= 15 is 0 Å². The number of nitrogens with one attached hydrogen (secondary N) is 2. The van der Waals surface area contributed by atoms with Crippen LogP contribution in [0.15, 0.2) is 0 Å². The van der Waals surface area contributed by atoms with Gasteiger partial charge in [-0.05, 0) is 18.4 Å². The molecule has 0 fully saturated rings. The number of carbonyl (C=O) groups excluding carboxylic acids is 1. The Bertz CT molecular complexity index is 276. The first-order valence-corrected chi connectivity index (χ1v) is 6.16. The van der Waals surface area contributed by atoms with E-state index in [1.807, 2.05) is 6.26 Å². The zero-order chi connectivity index (χ0) is 12.4. The van der Waals surface area contributed by atoms with Crippen molar-refractivity contribution in [3.8, 4) is 12.3 Å². The molecule has 0 saturated carbocycles. The van der Waals surface area contributed by atoms with E-state index in [2.05, 4.69) is 16.6 Å². The molecule has 0 unspecified atom stereocenters. The Hall–Kier alpha value is -1.19. The molecule has 5 nitrogen and oxygen atoms in total. The Morgan fingerprint density at radius 1 is 1.56 bits per heavy atom. The lowest BCUT2D eigenvalue weighted by Crippen LogP contribution is -2.44. The number of amides is 1. The van der Waals surface area contributed by atoms with Crippen LogP contribution in [-0.2, 0) is 9.59 Å². The van der Waals surface area contributed by atoms with Gasteiger partial charge in [-0.25, -0.2) is 4.79 Å². The van der Waals surface area contributed by atoms with E-state index in [0.717, 1.165) is 0 Å². The van der Waals surface area contributed by atoms with E-state index in [1.165, 1.54) is 11.8 Å². The summed E-state index contributed by atoms with van der Waals surface area (Å²) in [6.45, 7) is 0.323. The maximum absolute atomic E-state index is 11.3. The van der Waals surface area contributed by atoms with Gasteiger partial charge in [-0.15, -0.1) is 6.42 Å². The molecule has 0 radical (unpaired) electrons. The first kappa shape index (κ1) is 14.8. The zero-order valence-electron chi connectivity index (χ0n) is 9.16. The summed E-state index contributed by atoms with van der Waals surface area (Å²) in [5.74, 6) is 1.64. The number of hydrogen-bond donors (Lipinski definition) is 3. The SMILES string of the molecule is C#CCNCC(=O)N[C@H](CCSC)C(=O)O. The maximum Gasteiger partial charge on any atom is 0.326 e. The molecule has 0 aliphatic heterocycles. The topological polar surface area (TPSA) is 78.4 Å². The Kier molecular flexibility index (Phi) is 8.39. The summed E-state index contributed by atoms with van der Waals surface area (Å²) < 4.78 is 0. The number of rotatable bonds is 8. The summed E-state index contributed by atoms with van der Waals surface area (Å²) in [5.41, 5.74) is 0. The van der Waals surface area contributed by atoms with Crippen molar-refractivity contribution in [2.75, 3.05) is 25.1 Å². The summed E-state index contributed by atoms with van der Waals surface area (Å²) in [4.78, 5) is 22.1. The standard InChI is InChI=1S/C10H16N2O3S/c1-3-5-11-7-9(13)12-8(10(14)15)4-6-16-2/h1,8,11H,4-7H2,2H3,(H,12,13)(H,14,15)/t8-/m1/s1. The molecule has 0 aliphatic rings. The minimum atomic E-state index is -1.01. The van der Waals surface area contributed by atoms with Crippen molar-refractivity contribution in [3.05, 3.63) is 0 Å². The van der Waals surface area contributed by atoms with E-state index in [9.17, 15) is 9.59 Å². The quantitative estimate of drug-likeness (QED) is 0.397. The Balaban J connectivity index is 3.94. The second-order valence-electron chi connectivity index (χ2n) is 3.05. The predicted octanol–water partition coefficient (Wildman–Crippen LogP) is -0.468. The lowest BCUT2D eigenvalue weighted by atomic mass is 10.2. The van der Waals surface area contributed by atoms with Crippen molar-refractivity contribution >= 4 is 23.6 Å². The molecule has 0 saturated heterocycles. The van der Waals surface area contributed by atoms with E-state index in [4.69, 9.17) is 11.5 Å². The van der Waals surface area contributed by atoms with Gasteiger partial charge in [0.15, 0.2) is 0 Å². The molecular formula is C10H16N2O3S. The molecular weight excluding hydrogens is 228 g/mol. The van der Waals surface area contributed by atoms with Crippen molar-refractivity contribution in [2.45, 2.75) is 12.5 Å². The van der Waals surface area contributed by atoms with Crippen molar-refractivity contribution in [1.29, 1.82) is 0 Å². The molecule has 90 valence electrons. The highest BCUT2D eigenvalue weighted by atomic mass is 32.2. The molecule has 0 aliphatic carbocycles. The molecule has 6 heteroatoms. The van der Waals surface area contributed by atoms with Crippen LogP contribution in [-0.4, -0.2) is 48.1 Å². The molecule has 0 heterocycles. The van der Waals surface area contributed by atoms with Crippen LogP contribution >= 0.6 is 11.8 Å². The molecule has 0 bridgehead atoms. The first-order valence-electron chi connectivity index (χ1n) is 4.77. The largest absolute Gasteiger partial charge is 0.480 e. The normalized spacial score (nSPS) is 11.5. The van der Waals surface area contributed by atoms with Crippen LogP contribution in [0.25, 0.3) is 0 Å². The van der Waals surface area contributed by atoms with Gasteiger partial charge in [0.1, 0.15) is 6.04 Å². The zero-order valence-corrected chi connectivity index (χ0v) is 9.97. The van der Waals surface area contributed by atoms with Gasteiger partial charge in [0, 0.05) is 0 Å². The van der Waals surface area contributed by atoms with Crippen LogP contribution in [0.2, 0.25) is 0 Å². The van der Waals surface area contributed by atoms with Crippen LogP contribution in [0.5, 0.6) is 0 Å². The van der Waals surface area contributed by atoms with E-state index < -0.39 is 12.0 Å². The third-order valence-electron chi connectivity index (χ3n) is 1.76. The molecule has 0 aromatic rings. The number of aliphatic carboxylic acids is 1. The lowest BCUT2D eigenvalue weighted by Gasteiger charge is -2.13. The number of hydrogen-bond acceptors (Lipinski definition) is 4. The molecule has 3 N–H and O–H groups in total. The summed E-state index contributed by atoms with van der Waals surface area (Å²) >= 11 is 1.54. The second-order valence-corrected chi connectivity index (χ2v) is 4.03. The monoisotopic (exact) mass is 244 g/mol. The number of carbonyl (C=O) groups is 2. The van der Waals surface area contributed by atoms with Gasteiger partial charge in [0.25, 0.3) is 0 Å². The fourth-order valence-electron chi connectivity index (χ4n) is 0.987. The predicted molar refractivity (Wildman–Crippen MR) is 64.3 cm³/mol. The molecule has 16 heavy (non-hydrogen) atoms. The highest BCUT2D eigenvalue weighted by Crippen LogP contribution is 2.00. The first-order chi connectivity index (χ1) is 7.61. The van der Waals surface area contributed by atoms with Crippen LogP contribution in [0.1, 0.15) is 6.42 Å². The maximum atomic E-state index is 11.3. The van der Waals surface area contributed by atoms with Crippen LogP contribution < -0.4 is 10.6 Å². The highest BCUT2D eigenvalue weighted by Gasteiger charge is 2.18. The van der Waals surface area contributed by atoms with Crippen molar-refractivity contribution in [3.63, 3.8) is 0 Å². The van der Waals surface area contributed by atoms with Gasteiger partial charge in [-0.3, -0.25) is 10.1 Å². The summed E-state index contributed by atoms with van der Waals surface area (Å²) in [6, 6.07) is -0.826. The van der Waals surface area contributed by atoms with E-state index in [0.29, 0.717) is 12.2 Å².